The molecule has 0 saturated carbocycles. The van der Waals surface area contributed by atoms with Crippen molar-refractivity contribution in [1.82, 2.24) is 10.3 Å². The maximum Gasteiger partial charge on any atom is 0.279 e. The first-order valence-corrected chi connectivity index (χ1v) is 4.07. The van der Waals surface area contributed by atoms with Gasteiger partial charge in [0.1, 0.15) is 13.3 Å². The van der Waals surface area contributed by atoms with Gasteiger partial charge in [0.25, 0.3) is 5.88 Å². The summed E-state index contributed by atoms with van der Waals surface area (Å²) >= 11 is 0. The maximum absolute atomic E-state index is 11.8. The fourth-order valence-electron chi connectivity index (χ4n) is 0.868. The van der Waals surface area contributed by atoms with Crippen LogP contribution in [0.15, 0.2) is 4.63 Å². The quantitative estimate of drug-likeness (QED) is 0.724. The molecule has 0 unspecified atom stereocenters. The second-order valence-electron chi connectivity index (χ2n) is 3.71. The van der Waals surface area contributed by atoms with Crippen molar-refractivity contribution in [3.8, 4) is 5.88 Å². The van der Waals surface area contributed by atoms with E-state index in [-0.39, 0.29) is 17.9 Å². The second kappa shape index (κ2) is 3.72. The van der Waals surface area contributed by atoms with Gasteiger partial charge in [0.15, 0.2) is 5.69 Å². The Morgan fingerprint density at radius 2 is 2.08 bits per heavy atom. The molecule has 0 aliphatic rings. The zero-order valence-electron chi connectivity index (χ0n) is 8.00. The molecule has 0 amide bonds. The Hall–Kier alpha value is -1.13. The summed E-state index contributed by atoms with van der Waals surface area (Å²) in [6.45, 7) is 5.30. The highest BCUT2D eigenvalue weighted by Gasteiger charge is 2.24. The first-order valence-electron chi connectivity index (χ1n) is 4.07. The summed E-state index contributed by atoms with van der Waals surface area (Å²) in [6, 6.07) is 0. The van der Waals surface area contributed by atoms with Gasteiger partial charge >= 0.3 is 0 Å². The van der Waals surface area contributed by atoms with Gasteiger partial charge in [-0.1, -0.05) is 25.9 Å². The summed E-state index contributed by atoms with van der Waals surface area (Å²) in [6.07, 6.45) is 0. The second-order valence-corrected chi connectivity index (χ2v) is 3.71. The lowest BCUT2D eigenvalue weighted by Gasteiger charge is -2.14. The van der Waals surface area contributed by atoms with E-state index in [1.807, 2.05) is 20.8 Å². The Labute approximate surface area is 76.0 Å². The smallest absolute Gasteiger partial charge is 0.279 e. The Kier molecular flexibility index (Phi) is 2.85. The van der Waals surface area contributed by atoms with Crippen molar-refractivity contribution in [2.45, 2.75) is 26.2 Å². The van der Waals surface area contributed by atoms with Crippen LogP contribution < -0.4 is 4.74 Å². The first-order chi connectivity index (χ1) is 6.05. The van der Waals surface area contributed by atoms with Crippen LogP contribution in [0.3, 0.4) is 0 Å². The summed E-state index contributed by atoms with van der Waals surface area (Å²) < 4.78 is 21.3. The minimum absolute atomic E-state index is 0.0166. The van der Waals surface area contributed by atoms with Crippen LogP contribution in [0, 0.1) is 0 Å². The fourth-order valence-corrected chi connectivity index (χ4v) is 0.868. The topological polar surface area (TPSA) is 48.2 Å². The maximum atomic E-state index is 11.8. The molecular weight excluding hydrogens is 175 g/mol. The number of rotatable bonds is 3. The van der Waals surface area contributed by atoms with Crippen molar-refractivity contribution < 1.29 is 13.8 Å². The highest BCUT2D eigenvalue weighted by molar-refractivity contribution is 5.22. The third kappa shape index (κ3) is 2.40. The lowest BCUT2D eigenvalue weighted by Crippen LogP contribution is -2.14. The Bertz CT molecular complexity index is 267. The van der Waals surface area contributed by atoms with Crippen molar-refractivity contribution in [3.05, 3.63) is 5.69 Å². The molecule has 0 fully saturated rings. The number of nitrogens with zero attached hydrogens (tertiary/aromatic N) is 2. The third-order valence-electron chi connectivity index (χ3n) is 1.48. The van der Waals surface area contributed by atoms with Gasteiger partial charge in [0, 0.05) is 5.41 Å². The molecule has 0 spiro atoms. The Balaban J connectivity index is 2.77. The predicted molar refractivity (Wildman–Crippen MR) is 44.5 cm³/mol. The molecule has 1 heterocycles. The van der Waals surface area contributed by atoms with Gasteiger partial charge in [0.2, 0.25) is 0 Å². The van der Waals surface area contributed by atoms with Gasteiger partial charge < -0.3 is 4.74 Å². The molecule has 13 heavy (non-hydrogen) atoms. The molecule has 0 aliphatic carbocycles. The van der Waals surface area contributed by atoms with E-state index in [0.717, 1.165) is 0 Å². The lowest BCUT2D eigenvalue weighted by atomic mass is 9.93. The Morgan fingerprint density at radius 1 is 1.38 bits per heavy atom. The van der Waals surface area contributed by atoms with Crippen molar-refractivity contribution in [3.63, 3.8) is 0 Å². The van der Waals surface area contributed by atoms with Crippen LogP contribution in [-0.2, 0) is 5.41 Å². The molecule has 0 atom stereocenters. The zero-order chi connectivity index (χ0) is 9.90. The molecule has 0 aromatic carbocycles. The summed E-state index contributed by atoms with van der Waals surface area (Å²) in [4.78, 5) is 0. The number of hydrogen-bond acceptors (Lipinski definition) is 4. The van der Waals surface area contributed by atoms with Crippen LogP contribution in [0.25, 0.3) is 0 Å². The monoisotopic (exact) mass is 188 g/mol. The van der Waals surface area contributed by atoms with Gasteiger partial charge in [-0.25, -0.2) is 9.02 Å². The molecule has 0 saturated heterocycles. The standard InChI is InChI=1S/C8H13FN2O2/c1-8(2,3)6-7(11-13-10-6)12-5-4-9/h4-5H2,1-3H3. The SMILES string of the molecule is CC(C)(C)c1nonc1OCCF. The summed E-state index contributed by atoms with van der Waals surface area (Å²) in [5.41, 5.74) is 0.409. The highest BCUT2D eigenvalue weighted by atomic mass is 19.1. The predicted octanol–water partition coefficient (Wildman–Crippen LogP) is 1.72. The van der Waals surface area contributed by atoms with Gasteiger partial charge in [-0.05, 0) is 5.16 Å². The van der Waals surface area contributed by atoms with Crippen molar-refractivity contribution in [1.29, 1.82) is 0 Å². The minimum Gasteiger partial charge on any atom is -0.471 e. The molecular formula is C8H13FN2O2. The molecule has 4 nitrogen and oxygen atoms in total. The molecule has 0 bridgehead atoms. The first kappa shape index (κ1) is 9.95. The van der Waals surface area contributed by atoms with E-state index >= 15 is 0 Å². The average Bonchev–Trinajstić information content (AvgIpc) is 2.47. The number of hydrogen-bond donors (Lipinski definition) is 0. The molecule has 0 radical (unpaired) electrons. The van der Waals surface area contributed by atoms with E-state index in [9.17, 15) is 4.39 Å². The van der Waals surface area contributed by atoms with Crippen molar-refractivity contribution in [2.75, 3.05) is 13.3 Å². The molecule has 74 valence electrons. The molecule has 0 aliphatic heterocycles. The van der Waals surface area contributed by atoms with Gasteiger partial charge in [-0.15, -0.1) is 0 Å². The Morgan fingerprint density at radius 3 is 2.62 bits per heavy atom. The normalized spacial score (nSPS) is 11.7. The number of halogens is 1. The summed E-state index contributed by atoms with van der Waals surface area (Å²) in [5.74, 6) is 0.283. The van der Waals surface area contributed by atoms with Gasteiger partial charge in [-0.2, -0.15) is 0 Å². The van der Waals surface area contributed by atoms with E-state index < -0.39 is 6.67 Å². The van der Waals surface area contributed by atoms with Crippen LogP contribution in [-0.4, -0.2) is 23.6 Å². The van der Waals surface area contributed by atoms with Crippen LogP contribution in [0.2, 0.25) is 0 Å². The molecule has 0 N–H and O–H groups in total. The minimum atomic E-state index is -0.545. The fraction of sp³-hybridized carbons (Fsp3) is 0.750. The molecule has 1 aromatic heterocycles. The van der Waals surface area contributed by atoms with E-state index in [4.69, 9.17) is 4.74 Å². The van der Waals surface area contributed by atoms with Gasteiger partial charge in [-0.3, -0.25) is 0 Å². The third-order valence-corrected chi connectivity index (χ3v) is 1.48. The van der Waals surface area contributed by atoms with E-state index in [1.54, 1.807) is 0 Å². The lowest BCUT2D eigenvalue weighted by molar-refractivity contribution is 0.236. The van der Waals surface area contributed by atoms with E-state index in [2.05, 4.69) is 14.9 Å². The van der Waals surface area contributed by atoms with Crippen LogP contribution >= 0.6 is 0 Å². The number of ether oxygens (including phenoxy) is 1. The largest absolute Gasteiger partial charge is 0.471 e. The molecule has 1 rings (SSSR count). The van der Waals surface area contributed by atoms with E-state index in [0.29, 0.717) is 5.69 Å². The average molecular weight is 188 g/mol. The highest BCUT2D eigenvalue weighted by Crippen LogP contribution is 2.27. The van der Waals surface area contributed by atoms with Crippen molar-refractivity contribution in [2.24, 2.45) is 0 Å². The van der Waals surface area contributed by atoms with Crippen LogP contribution in [0.4, 0.5) is 4.39 Å². The van der Waals surface area contributed by atoms with Crippen LogP contribution in [0.5, 0.6) is 5.88 Å². The van der Waals surface area contributed by atoms with Crippen LogP contribution in [0.1, 0.15) is 26.5 Å². The number of aromatic nitrogens is 2. The van der Waals surface area contributed by atoms with Gasteiger partial charge in [0.05, 0.1) is 0 Å². The summed E-state index contributed by atoms with van der Waals surface area (Å²) in [7, 11) is 0. The van der Waals surface area contributed by atoms with Crippen molar-refractivity contribution >= 4 is 0 Å². The zero-order valence-corrected chi connectivity index (χ0v) is 8.00. The van der Waals surface area contributed by atoms with E-state index in [1.165, 1.54) is 0 Å². The molecule has 5 heteroatoms. The molecule has 1 aromatic rings. The number of alkyl halides is 1. The summed E-state index contributed by atoms with van der Waals surface area (Å²) in [5, 5.41) is 7.25.